The van der Waals surface area contributed by atoms with Crippen LogP contribution >= 0.6 is 24.0 Å². The van der Waals surface area contributed by atoms with Gasteiger partial charge in [0.15, 0.2) is 5.78 Å². The lowest BCUT2D eigenvalue weighted by Gasteiger charge is -2.25. The Balaban J connectivity index is 0.00000324. The smallest absolute Gasteiger partial charge is 0.153 e. The third-order valence-corrected chi connectivity index (χ3v) is 3.44. The van der Waals surface area contributed by atoms with Gasteiger partial charge in [-0.1, -0.05) is 24.6 Å². The van der Waals surface area contributed by atoms with Gasteiger partial charge in [-0.2, -0.15) is 0 Å². The summed E-state index contributed by atoms with van der Waals surface area (Å²) in [6.07, 6.45) is 9.71. The van der Waals surface area contributed by atoms with Gasteiger partial charge in [-0.25, -0.2) is 0 Å². The minimum atomic E-state index is -0.508. The molecule has 0 spiro atoms. The van der Waals surface area contributed by atoms with E-state index in [1.807, 2.05) is 25.2 Å². The molecule has 0 aromatic carbocycles. The first-order valence-corrected chi connectivity index (χ1v) is 6.89. The van der Waals surface area contributed by atoms with Crippen LogP contribution in [0.5, 0.6) is 0 Å². The summed E-state index contributed by atoms with van der Waals surface area (Å²) >= 11 is 6.25. The van der Waals surface area contributed by atoms with E-state index in [1.54, 1.807) is 0 Å². The first-order chi connectivity index (χ1) is 8.46. The summed E-state index contributed by atoms with van der Waals surface area (Å²) in [6.45, 7) is 2.61. The fraction of sp³-hybridized carbons (Fsp3) is 0.643. The van der Waals surface area contributed by atoms with E-state index in [0.717, 1.165) is 24.8 Å². The van der Waals surface area contributed by atoms with Crippen molar-refractivity contribution >= 4 is 29.8 Å². The topological polar surface area (TPSA) is 69.1 Å². The van der Waals surface area contributed by atoms with Crippen molar-refractivity contribution < 1.29 is 4.79 Å². The molecular weight excluding hydrogens is 283 g/mol. The van der Waals surface area contributed by atoms with Crippen molar-refractivity contribution in [2.75, 3.05) is 6.54 Å². The molecule has 2 atom stereocenters. The lowest BCUT2D eigenvalue weighted by Crippen LogP contribution is -2.35. The second-order valence-electron chi connectivity index (χ2n) is 5.10. The second kappa shape index (κ2) is 8.75. The van der Waals surface area contributed by atoms with Gasteiger partial charge in [0.2, 0.25) is 0 Å². The molecule has 5 heteroatoms. The van der Waals surface area contributed by atoms with Crippen molar-refractivity contribution in [3.63, 3.8) is 0 Å². The fourth-order valence-electron chi connectivity index (χ4n) is 2.09. The minimum Gasteiger partial charge on any atom is -0.330 e. The number of carbonyl (C=O) groups is 1. The van der Waals surface area contributed by atoms with E-state index in [4.69, 9.17) is 23.1 Å². The fourth-order valence-corrected chi connectivity index (χ4v) is 2.31. The van der Waals surface area contributed by atoms with E-state index in [9.17, 15) is 4.79 Å². The molecule has 1 aliphatic carbocycles. The zero-order valence-electron chi connectivity index (χ0n) is 11.4. The van der Waals surface area contributed by atoms with Crippen molar-refractivity contribution in [1.29, 1.82) is 0 Å². The molecule has 0 aromatic heterocycles. The van der Waals surface area contributed by atoms with Gasteiger partial charge in [0.25, 0.3) is 0 Å². The molecule has 1 aliphatic rings. The van der Waals surface area contributed by atoms with Crippen LogP contribution in [0.25, 0.3) is 0 Å². The predicted molar refractivity (Wildman–Crippen MR) is 83.9 cm³/mol. The van der Waals surface area contributed by atoms with Crippen LogP contribution in [0.2, 0.25) is 0 Å². The van der Waals surface area contributed by atoms with Gasteiger partial charge in [0, 0.05) is 6.42 Å². The van der Waals surface area contributed by atoms with E-state index >= 15 is 0 Å². The van der Waals surface area contributed by atoms with Gasteiger partial charge in [-0.15, -0.1) is 24.0 Å². The van der Waals surface area contributed by atoms with Crippen LogP contribution in [0.4, 0.5) is 0 Å². The molecular formula is C14H24Cl2N2O. The minimum absolute atomic E-state index is 0. The SMILES string of the molecule is CC1(Cl)C=CC=C(C(N)C(=O)CCCCCN)C1.Cl. The van der Waals surface area contributed by atoms with Gasteiger partial charge in [0.05, 0.1) is 10.9 Å². The molecule has 110 valence electrons. The largest absolute Gasteiger partial charge is 0.330 e. The number of allylic oxidation sites excluding steroid dienone is 3. The summed E-state index contributed by atoms with van der Waals surface area (Å²) in [5.74, 6) is 0.0982. The lowest BCUT2D eigenvalue weighted by molar-refractivity contribution is -0.119. The van der Waals surface area contributed by atoms with Crippen molar-refractivity contribution in [2.45, 2.75) is 49.9 Å². The molecule has 0 heterocycles. The molecule has 0 fully saturated rings. The normalized spacial score (nSPS) is 23.5. The van der Waals surface area contributed by atoms with Crippen LogP contribution in [0.3, 0.4) is 0 Å². The maximum Gasteiger partial charge on any atom is 0.153 e. The summed E-state index contributed by atoms with van der Waals surface area (Å²) in [5, 5.41) is 0. The summed E-state index contributed by atoms with van der Waals surface area (Å²) < 4.78 is 0. The van der Waals surface area contributed by atoms with Crippen LogP contribution in [-0.2, 0) is 4.79 Å². The average molecular weight is 307 g/mol. The van der Waals surface area contributed by atoms with E-state index < -0.39 is 10.9 Å². The summed E-state index contributed by atoms with van der Waals surface area (Å²) in [5.41, 5.74) is 12.3. The van der Waals surface area contributed by atoms with Crippen LogP contribution in [0.15, 0.2) is 23.8 Å². The van der Waals surface area contributed by atoms with Crippen LogP contribution < -0.4 is 11.5 Å². The molecule has 0 radical (unpaired) electrons. The van der Waals surface area contributed by atoms with Crippen molar-refractivity contribution in [1.82, 2.24) is 0 Å². The molecule has 0 aromatic rings. The van der Waals surface area contributed by atoms with Gasteiger partial charge in [0.1, 0.15) is 0 Å². The number of ketones is 1. The molecule has 1 rings (SSSR count). The summed E-state index contributed by atoms with van der Waals surface area (Å²) in [6, 6.07) is -0.508. The Kier molecular flexibility index (Phi) is 8.59. The Morgan fingerprint density at radius 2 is 2.16 bits per heavy atom. The Labute approximate surface area is 126 Å². The highest BCUT2D eigenvalue weighted by Crippen LogP contribution is 2.30. The molecule has 0 saturated carbocycles. The standard InChI is InChI=1S/C14H23ClN2O.ClH/c1-14(15)8-5-6-11(10-14)13(17)12(18)7-3-2-4-9-16;/h5-6,8,13H,2-4,7,9-10,16-17H2,1H3;1H. The van der Waals surface area contributed by atoms with Crippen LogP contribution in [0.1, 0.15) is 39.0 Å². The molecule has 19 heavy (non-hydrogen) atoms. The number of unbranched alkanes of at least 4 members (excludes halogenated alkanes) is 2. The highest BCUT2D eigenvalue weighted by atomic mass is 35.5. The Bertz CT molecular complexity index is 351. The number of nitrogens with two attached hydrogens (primary N) is 2. The Morgan fingerprint density at radius 3 is 2.74 bits per heavy atom. The predicted octanol–water partition coefficient (Wildman–Crippen LogP) is 2.71. The van der Waals surface area contributed by atoms with E-state index in [1.165, 1.54) is 0 Å². The number of hydrogen-bond donors (Lipinski definition) is 2. The maximum absolute atomic E-state index is 12.0. The van der Waals surface area contributed by atoms with Gasteiger partial charge in [-0.05, 0) is 38.3 Å². The van der Waals surface area contributed by atoms with Gasteiger partial charge < -0.3 is 11.5 Å². The molecule has 3 nitrogen and oxygen atoms in total. The number of carbonyl (C=O) groups excluding carboxylic acids is 1. The van der Waals surface area contributed by atoms with Crippen LogP contribution in [0, 0.1) is 0 Å². The van der Waals surface area contributed by atoms with Crippen molar-refractivity contribution in [3.05, 3.63) is 23.8 Å². The molecule has 0 bridgehead atoms. The number of Topliss-reactive ketones (excluding diaryl/α,β-unsaturated/α-hetero) is 1. The number of halogens is 2. The maximum atomic E-state index is 12.0. The van der Waals surface area contributed by atoms with E-state index in [0.29, 0.717) is 19.4 Å². The summed E-state index contributed by atoms with van der Waals surface area (Å²) in [7, 11) is 0. The highest BCUT2D eigenvalue weighted by molar-refractivity contribution is 6.25. The third-order valence-electron chi connectivity index (χ3n) is 3.18. The zero-order valence-corrected chi connectivity index (χ0v) is 13.0. The van der Waals surface area contributed by atoms with Crippen molar-refractivity contribution in [3.8, 4) is 0 Å². The molecule has 0 aliphatic heterocycles. The molecule has 0 saturated heterocycles. The number of alkyl halides is 1. The van der Waals surface area contributed by atoms with Gasteiger partial charge in [-0.3, -0.25) is 4.79 Å². The van der Waals surface area contributed by atoms with Crippen LogP contribution in [-0.4, -0.2) is 23.2 Å². The number of rotatable bonds is 7. The second-order valence-corrected chi connectivity index (χ2v) is 5.96. The molecule has 2 unspecified atom stereocenters. The molecule has 0 amide bonds. The third kappa shape index (κ3) is 6.57. The first-order valence-electron chi connectivity index (χ1n) is 6.52. The number of hydrogen-bond acceptors (Lipinski definition) is 3. The van der Waals surface area contributed by atoms with Crippen molar-refractivity contribution in [2.24, 2.45) is 11.5 Å². The molecule has 4 N–H and O–H groups in total. The Hall–Kier alpha value is -0.350. The summed E-state index contributed by atoms with van der Waals surface area (Å²) in [4.78, 5) is 11.5. The van der Waals surface area contributed by atoms with Gasteiger partial charge >= 0.3 is 0 Å². The lowest BCUT2D eigenvalue weighted by atomic mass is 9.88. The first kappa shape index (κ1) is 18.7. The quantitative estimate of drug-likeness (QED) is 0.561. The monoisotopic (exact) mass is 306 g/mol. The zero-order chi connectivity index (χ0) is 13.6. The Morgan fingerprint density at radius 1 is 1.47 bits per heavy atom. The average Bonchev–Trinajstić information content (AvgIpc) is 2.32. The van der Waals surface area contributed by atoms with E-state index in [2.05, 4.69) is 0 Å². The van der Waals surface area contributed by atoms with E-state index in [-0.39, 0.29) is 18.2 Å². The highest BCUT2D eigenvalue weighted by Gasteiger charge is 2.27.